The van der Waals surface area contributed by atoms with Crippen molar-refractivity contribution >= 4 is 28.6 Å². The molecule has 8 nitrogen and oxygen atoms in total. The van der Waals surface area contributed by atoms with E-state index in [2.05, 4.69) is 4.98 Å². The quantitative estimate of drug-likeness (QED) is 0.324. The molecule has 8 heteroatoms. The molecule has 0 saturated carbocycles. The van der Waals surface area contributed by atoms with Crippen molar-refractivity contribution in [3.8, 4) is 0 Å². The van der Waals surface area contributed by atoms with Gasteiger partial charge in [-0.15, -0.1) is 0 Å². The molecule has 1 aliphatic heterocycles. The molecule has 0 radical (unpaired) electrons. The van der Waals surface area contributed by atoms with Gasteiger partial charge in [0.25, 0.3) is 11.7 Å². The summed E-state index contributed by atoms with van der Waals surface area (Å²) >= 11 is 0. The number of fused-ring (bicyclic) bond motifs is 1. The van der Waals surface area contributed by atoms with Gasteiger partial charge in [-0.05, 0) is 36.6 Å². The zero-order valence-electron chi connectivity index (χ0n) is 18.1. The second-order valence-electron chi connectivity index (χ2n) is 8.02. The zero-order chi connectivity index (χ0) is 22.7. The van der Waals surface area contributed by atoms with Gasteiger partial charge in [-0.1, -0.05) is 37.3 Å². The van der Waals surface area contributed by atoms with Crippen LogP contribution in [0.25, 0.3) is 11.0 Å². The van der Waals surface area contributed by atoms with Gasteiger partial charge in [-0.2, -0.15) is 9.98 Å². The van der Waals surface area contributed by atoms with E-state index in [1.807, 2.05) is 42.2 Å². The molecular formula is C24H28N5O3+. The molecular weight excluding hydrogens is 406 g/mol. The van der Waals surface area contributed by atoms with Crippen molar-refractivity contribution in [2.45, 2.75) is 32.2 Å². The number of nitrogens with zero attached hydrogens (tertiary/aromatic N) is 2. The molecule has 2 aromatic carbocycles. The first kappa shape index (κ1) is 21.7. The minimum Gasteiger partial charge on any atom is -0.377 e. The Bertz CT molecular complexity index is 1210. The summed E-state index contributed by atoms with van der Waals surface area (Å²) in [7, 11) is 0. The minimum absolute atomic E-state index is 0.0360. The average molecular weight is 435 g/mol. The Morgan fingerprint density at radius 2 is 2.06 bits per heavy atom. The molecule has 4 rings (SSSR count). The molecule has 166 valence electrons. The van der Waals surface area contributed by atoms with Gasteiger partial charge in [-0.3, -0.25) is 9.59 Å². The van der Waals surface area contributed by atoms with Crippen LogP contribution in [0.5, 0.6) is 0 Å². The number of hydrogen-bond acceptors (Lipinski definition) is 5. The molecule has 4 N–H and O–H groups in total. The van der Waals surface area contributed by atoms with E-state index in [-0.39, 0.29) is 23.6 Å². The number of anilines is 1. The fourth-order valence-corrected chi connectivity index (χ4v) is 4.16. The highest BCUT2D eigenvalue weighted by Gasteiger charge is 2.29. The molecule has 0 bridgehead atoms. The number of morpholine rings is 1. The van der Waals surface area contributed by atoms with Gasteiger partial charge in [0.1, 0.15) is 5.52 Å². The van der Waals surface area contributed by atoms with Gasteiger partial charge >= 0.3 is 5.56 Å². The number of rotatable bonds is 5. The SMILES string of the molecule is CCCC(=N)[n+]1c(N)c(=O)[nH]c2cc(C(=O)N3CCOCC3Cc3ccccc3)ccc21. The third-order valence-corrected chi connectivity index (χ3v) is 5.77. The second-order valence-corrected chi connectivity index (χ2v) is 8.02. The van der Waals surface area contributed by atoms with Crippen LogP contribution < -0.4 is 15.9 Å². The van der Waals surface area contributed by atoms with E-state index in [0.29, 0.717) is 49.2 Å². The van der Waals surface area contributed by atoms with Gasteiger partial charge in [0, 0.05) is 18.5 Å². The number of carbonyl (C=O) groups excluding carboxylic acids is 1. The van der Waals surface area contributed by atoms with Gasteiger partial charge in [0.2, 0.25) is 5.84 Å². The molecule has 32 heavy (non-hydrogen) atoms. The third-order valence-electron chi connectivity index (χ3n) is 5.77. The lowest BCUT2D eigenvalue weighted by molar-refractivity contribution is -0.514. The first-order chi connectivity index (χ1) is 15.5. The largest absolute Gasteiger partial charge is 0.377 e. The van der Waals surface area contributed by atoms with E-state index in [1.54, 1.807) is 18.2 Å². The lowest BCUT2D eigenvalue weighted by atomic mass is 10.0. The third kappa shape index (κ3) is 4.27. The number of amides is 1. The first-order valence-electron chi connectivity index (χ1n) is 10.9. The standard InChI is InChI=1S/C24H27N5O3/c1-2-6-21(25)29-20-10-9-17(14-19(20)27-23(30)22(29)26)24(31)28-11-12-32-15-18(28)13-16-7-4-3-5-8-16/h3-5,7-10,14,18,25-26H,2,6,11-13,15H2,1H3,(H,27,30)/p+1. The Kier molecular flexibility index (Phi) is 6.32. The fraction of sp³-hybridized carbons (Fsp3) is 0.333. The smallest absolute Gasteiger partial charge is 0.321 e. The normalized spacial score (nSPS) is 16.3. The number of benzene rings is 2. The molecule has 1 aliphatic rings. The van der Waals surface area contributed by atoms with Crippen molar-refractivity contribution in [2.24, 2.45) is 0 Å². The van der Waals surface area contributed by atoms with E-state index in [1.165, 1.54) is 4.57 Å². The number of aromatic amines is 1. The average Bonchev–Trinajstić information content (AvgIpc) is 2.80. The van der Waals surface area contributed by atoms with Crippen molar-refractivity contribution in [3.05, 3.63) is 70.0 Å². The number of H-pyrrole nitrogens is 1. The Balaban J connectivity index is 1.68. The number of nitrogens with two attached hydrogens (primary N) is 1. The summed E-state index contributed by atoms with van der Waals surface area (Å²) in [6.45, 7) is 3.45. The van der Waals surface area contributed by atoms with Crippen LogP contribution in [0.15, 0.2) is 53.3 Å². The fourth-order valence-electron chi connectivity index (χ4n) is 4.16. The van der Waals surface area contributed by atoms with Gasteiger partial charge in [0.05, 0.1) is 24.8 Å². The molecule has 0 spiro atoms. The number of nitrogen functional groups attached to an aromatic ring is 1. The molecule has 1 amide bonds. The molecule has 1 aromatic heterocycles. The van der Waals surface area contributed by atoms with E-state index < -0.39 is 5.56 Å². The molecule has 1 fully saturated rings. The van der Waals surface area contributed by atoms with Crippen LogP contribution >= 0.6 is 0 Å². The van der Waals surface area contributed by atoms with Crippen LogP contribution in [0.4, 0.5) is 5.82 Å². The summed E-state index contributed by atoms with van der Waals surface area (Å²) in [4.78, 5) is 30.4. The molecule has 3 aromatic rings. The van der Waals surface area contributed by atoms with Gasteiger partial charge in [0.15, 0.2) is 0 Å². The van der Waals surface area contributed by atoms with Crippen LogP contribution in [0.1, 0.15) is 35.7 Å². The van der Waals surface area contributed by atoms with E-state index in [9.17, 15) is 9.59 Å². The maximum atomic E-state index is 13.4. The predicted octanol–water partition coefficient (Wildman–Crippen LogP) is 2.11. The van der Waals surface area contributed by atoms with Crippen LogP contribution in [0, 0.1) is 5.41 Å². The number of hydrogen-bond donors (Lipinski definition) is 3. The van der Waals surface area contributed by atoms with E-state index in [4.69, 9.17) is 15.9 Å². The Morgan fingerprint density at radius 1 is 1.28 bits per heavy atom. The lowest BCUT2D eigenvalue weighted by Gasteiger charge is -2.36. The van der Waals surface area contributed by atoms with Crippen LogP contribution in [0.3, 0.4) is 0 Å². The van der Waals surface area contributed by atoms with E-state index >= 15 is 0 Å². The van der Waals surface area contributed by atoms with E-state index in [0.717, 1.165) is 12.0 Å². The van der Waals surface area contributed by atoms with Gasteiger partial charge < -0.3 is 20.4 Å². The Morgan fingerprint density at radius 3 is 2.81 bits per heavy atom. The number of carbonyl (C=O) groups is 1. The summed E-state index contributed by atoms with van der Waals surface area (Å²) < 4.78 is 7.11. The maximum Gasteiger partial charge on any atom is 0.321 e. The van der Waals surface area contributed by atoms with Crippen LogP contribution in [-0.2, 0) is 11.2 Å². The highest BCUT2D eigenvalue weighted by Crippen LogP contribution is 2.19. The summed E-state index contributed by atoms with van der Waals surface area (Å²) in [6, 6.07) is 15.1. The first-order valence-corrected chi connectivity index (χ1v) is 10.9. The minimum atomic E-state index is -0.476. The number of nitrogens with one attached hydrogen (secondary N) is 2. The number of ether oxygens (including phenoxy) is 1. The highest BCUT2D eigenvalue weighted by atomic mass is 16.5. The Labute approximate surface area is 186 Å². The van der Waals surface area contributed by atoms with Crippen molar-refractivity contribution in [2.75, 3.05) is 25.5 Å². The zero-order valence-corrected chi connectivity index (χ0v) is 18.1. The van der Waals surface area contributed by atoms with Crippen LogP contribution in [-0.4, -0.2) is 47.4 Å². The number of aromatic nitrogens is 2. The maximum absolute atomic E-state index is 13.4. The summed E-state index contributed by atoms with van der Waals surface area (Å²) in [6.07, 6.45) is 1.96. The highest BCUT2D eigenvalue weighted by molar-refractivity contribution is 5.97. The lowest BCUT2D eigenvalue weighted by Crippen LogP contribution is -2.50. The molecule has 1 unspecified atom stereocenters. The summed E-state index contributed by atoms with van der Waals surface area (Å²) in [5.41, 5.74) is 8.20. The van der Waals surface area contributed by atoms with Crippen molar-refractivity contribution < 1.29 is 14.1 Å². The van der Waals surface area contributed by atoms with Crippen molar-refractivity contribution in [1.82, 2.24) is 9.88 Å². The predicted molar refractivity (Wildman–Crippen MR) is 123 cm³/mol. The van der Waals surface area contributed by atoms with Gasteiger partial charge in [-0.25, -0.2) is 0 Å². The molecule has 2 heterocycles. The summed E-state index contributed by atoms with van der Waals surface area (Å²) in [5, 5.41) is 8.32. The topological polar surface area (TPSA) is 116 Å². The molecule has 0 aliphatic carbocycles. The summed E-state index contributed by atoms with van der Waals surface area (Å²) in [5.74, 6) is 0.103. The second kappa shape index (κ2) is 9.32. The molecule has 1 saturated heterocycles. The van der Waals surface area contributed by atoms with Crippen molar-refractivity contribution in [3.63, 3.8) is 0 Å². The van der Waals surface area contributed by atoms with Crippen LogP contribution in [0.2, 0.25) is 0 Å². The Hall–Kier alpha value is -3.52. The molecule has 1 atom stereocenters. The monoisotopic (exact) mass is 434 g/mol. The van der Waals surface area contributed by atoms with Crippen molar-refractivity contribution in [1.29, 1.82) is 5.41 Å².